The van der Waals surface area contributed by atoms with Crippen molar-refractivity contribution in [1.29, 1.82) is 0 Å². The molecule has 1 N–H and O–H groups in total. The Morgan fingerprint density at radius 2 is 1.76 bits per heavy atom. The second-order valence-corrected chi connectivity index (χ2v) is 10.0. The molecule has 0 radical (unpaired) electrons. The SMILES string of the molecule is CCC=O.CCCC(CCC)Oc1ccccc1C(C)(C)F.CNC1C=C2CC(C)CC1C2. The van der Waals surface area contributed by atoms with Crippen LogP contribution in [0.15, 0.2) is 35.9 Å². The number of benzene rings is 1. The molecule has 0 amide bonds. The normalized spacial score (nSPS) is 21.4. The van der Waals surface area contributed by atoms with Crippen LogP contribution >= 0.6 is 0 Å². The number of nitrogens with one attached hydrogen (secondary N) is 1. The van der Waals surface area contributed by atoms with Gasteiger partial charge in [-0.15, -0.1) is 0 Å². The number of hydrogen-bond acceptors (Lipinski definition) is 3. The van der Waals surface area contributed by atoms with Gasteiger partial charge in [-0.25, -0.2) is 4.39 Å². The number of ether oxygens (including phenoxy) is 1. The van der Waals surface area contributed by atoms with Crippen LogP contribution in [0.25, 0.3) is 0 Å². The molecular weight excluding hydrogens is 413 g/mol. The lowest BCUT2D eigenvalue weighted by atomic mass is 9.82. The van der Waals surface area contributed by atoms with Crippen LogP contribution in [0.5, 0.6) is 5.75 Å². The highest BCUT2D eigenvalue weighted by molar-refractivity contribution is 5.48. The van der Waals surface area contributed by atoms with E-state index in [4.69, 9.17) is 4.74 Å². The number of rotatable bonds is 9. The smallest absolute Gasteiger partial charge is 0.134 e. The molecule has 2 aliphatic carbocycles. The fourth-order valence-electron chi connectivity index (χ4n) is 4.82. The molecule has 2 bridgehead atoms. The summed E-state index contributed by atoms with van der Waals surface area (Å²) in [5.41, 5.74) is 0.981. The first-order chi connectivity index (χ1) is 15.7. The number of carbonyl (C=O) groups is 1. The molecule has 0 aromatic heterocycles. The van der Waals surface area contributed by atoms with Gasteiger partial charge in [0.2, 0.25) is 0 Å². The average molecular weight is 462 g/mol. The molecule has 188 valence electrons. The number of fused-ring (bicyclic) bond motifs is 2. The van der Waals surface area contributed by atoms with Gasteiger partial charge in [0.05, 0.1) is 6.10 Å². The van der Waals surface area contributed by atoms with E-state index in [1.165, 1.54) is 19.3 Å². The largest absolute Gasteiger partial charge is 0.490 e. The van der Waals surface area contributed by atoms with Crippen LogP contribution in [0.3, 0.4) is 0 Å². The molecule has 1 saturated carbocycles. The molecule has 0 heterocycles. The van der Waals surface area contributed by atoms with Gasteiger partial charge in [-0.05, 0) is 70.9 Å². The first kappa shape index (κ1) is 29.4. The maximum atomic E-state index is 14.1. The Morgan fingerprint density at radius 1 is 1.15 bits per heavy atom. The fourth-order valence-corrected chi connectivity index (χ4v) is 4.82. The second kappa shape index (κ2) is 15.3. The maximum Gasteiger partial charge on any atom is 0.134 e. The zero-order valence-electron chi connectivity index (χ0n) is 22.1. The second-order valence-electron chi connectivity index (χ2n) is 10.0. The number of para-hydroxylation sites is 1. The lowest BCUT2D eigenvalue weighted by molar-refractivity contribution is -0.107. The molecule has 3 atom stereocenters. The molecular formula is C29H48FNO2. The molecule has 1 aromatic rings. The molecule has 3 unspecified atom stereocenters. The van der Waals surface area contributed by atoms with Crippen LogP contribution in [-0.2, 0) is 10.5 Å². The van der Waals surface area contributed by atoms with Crippen molar-refractivity contribution in [1.82, 2.24) is 5.32 Å². The summed E-state index contributed by atoms with van der Waals surface area (Å²) in [6.45, 7) is 11.6. The van der Waals surface area contributed by atoms with Crippen LogP contribution in [0, 0.1) is 11.8 Å². The third kappa shape index (κ3) is 10.4. The van der Waals surface area contributed by atoms with Crippen molar-refractivity contribution < 1.29 is 13.9 Å². The minimum Gasteiger partial charge on any atom is -0.490 e. The van der Waals surface area contributed by atoms with Crippen LogP contribution < -0.4 is 10.1 Å². The molecule has 0 saturated heterocycles. The number of aldehydes is 1. The maximum absolute atomic E-state index is 14.1. The Kier molecular flexibility index (Phi) is 13.6. The molecule has 2 aliphatic rings. The Labute approximate surface area is 202 Å². The van der Waals surface area contributed by atoms with E-state index in [0.29, 0.717) is 23.8 Å². The van der Waals surface area contributed by atoms with Gasteiger partial charge in [0.25, 0.3) is 0 Å². The molecule has 0 aliphatic heterocycles. The third-order valence-corrected chi connectivity index (χ3v) is 6.31. The first-order valence-corrected chi connectivity index (χ1v) is 12.9. The predicted molar refractivity (Wildman–Crippen MR) is 139 cm³/mol. The molecule has 0 spiro atoms. The minimum atomic E-state index is -1.36. The summed E-state index contributed by atoms with van der Waals surface area (Å²) in [6, 6.07) is 8.13. The quantitative estimate of drug-likeness (QED) is 0.301. The van der Waals surface area contributed by atoms with Gasteiger partial charge in [0.15, 0.2) is 0 Å². The Hall–Kier alpha value is -1.68. The zero-order valence-corrected chi connectivity index (χ0v) is 22.1. The van der Waals surface area contributed by atoms with Crippen LogP contribution in [-0.4, -0.2) is 25.5 Å². The van der Waals surface area contributed by atoms with Gasteiger partial charge >= 0.3 is 0 Å². The summed E-state index contributed by atoms with van der Waals surface area (Å²) in [7, 11) is 2.08. The summed E-state index contributed by atoms with van der Waals surface area (Å²) < 4.78 is 20.1. The fraction of sp³-hybridized carbons (Fsp3) is 0.690. The van der Waals surface area contributed by atoms with E-state index in [9.17, 15) is 9.18 Å². The van der Waals surface area contributed by atoms with Crippen molar-refractivity contribution in [2.45, 2.75) is 111 Å². The summed E-state index contributed by atoms with van der Waals surface area (Å²) in [5.74, 6) is 2.54. The predicted octanol–water partition coefficient (Wildman–Crippen LogP) is 7.78. The van der Waals surface area contributed by atoms with Crippen LogP contribution in [0.1, 0.15) is 98.5 Å². The third-order valence-electron chi connectivity index (χ3n) is 6.31. The zero-order chi connectivity index (χ0) is 24.9. The van der Waals surface area contributed by atoms with Gasteiger partial charge in [0, 0.05) is 18.0 Å². The van der Waals surface area contributed by atoms with Crippen molar-refractivity contribution in [3.05, 3.63) is 41.5 Å². The summed E-state index contributed by atoms with van der Waals surface area (Å²) >= 11 is 0. The number of halogens is 1. The topological polar surface area (TPSA) is 38.3 Å². The monoisotopic (exact) mass is 461 g/mol. The van der Waals surface area contributed by atoms with Crippen LogP contribution in [0.4, 0.5) is 4.39 Å². The van der Waals surface area contributed by atoms with Gasteiger partial charge in [0.1, 0.15) is 17.7 Å². The van der Waals surface area contributed by atoms with Crippen molar-refractivity contribution in [2.75, 3.05) is 7.05 Å². The van der Waals surface area contributed by atoms with E-state index in [2.05, 4.69) is 39.2 Å². The summed E-state index contributed by atoms with van der Waals surface area (Å²) in [5, 5.41) is 3.38. The standard InChI is InChI=1S/C16H25FO.C10H17N.C3H6O/c1-5-9-13(10-6-2)18-15-12-8-7-11-14(15)16(3,4)17;1-7-3-8-5-9(4-7)10(6-8)11-2;1-2-3-4/h7-8,11-13H,5-6,9-10H2,1-4H3;6-7,9-11H,3-5H2,1-2H3;3H,2H2,1H3. The summed E-state index contributed by atoms with van der Waals surface area (Å²) in [6.07, 6.45) is 12.5. The lowest BCUT2D eigenvalue weighted by Gasteiger charge is -2.25. The van der Waals surface area contributed by atoms with Crippen molar-refractivity contribution in [3.8, 4) is 5.75 Å². The lowest BCUT2D eigenvalue weighted by Crippen LogP contribution is -2.29. The Morgan fingerprint density at radius 3 is 2.27 bits per heavy atom. The molecule has 3 nitrogen and oxygen atoms in total. The highest BCUT2D eigenvalue weighted by atomic mass is 19.1. The highest BCUT2D eigenvalue weighted by Gasteiger charge is 2.32. The molecule has 3 rings (SSSR count). The van der Waals surface area contributed by atoms with Gasteiger partial charge in [-0.3, -0.25) is 0 Å². The molecule has 1 fully saturated rings. The van der Waals surface area contributed by atoms with Gasteiger partial charge < -0.3 is 14.8 Å². The Bertz CT molecular complexity index is 704. The van der Waals surface area contributed by atoms with E-state index >= 15 is 0 Å². The van der Waals surface area contributed by atoms with E-state index in [-0.39, 0.29) is 6.10 Å². The van der Waals surface area contributed by atoms with Crippen molar-refractivity contribution in [3.63, 3.8) is 0 Å². The number of hydrogen-bond donors (Lipinski definition) is 1. The minimum absolute atomic E-state index is 0.198. The molecule has 4 heteroatoms. The first-order valence-electron chi connectivity index (χ1n) is 12.9. The average Bonchev–Trinajstić information content (AvgIpc) is 3.07. The van der Waals surface area contributed by atoms with E-state index in [1.54, 1.807) is 19.4 Å². The highest BCUT2D eigenvalue weighted by Crippen LogP contribution is 2.40. The number of likely N-dealkylation sites (N-methyl/N-ethyl adjacent to an activating group) is 1. The van der Waals surface area contributed by atoms with Crippen LogP contribution in [0.2, 0.25) is 0 Å². The number of carbonyl (C=O) groups excluding carboxylic acids is 1. The van der Waals surface area contributed by atoms with Gasteiger partial charge in [-0.1, -0.05) is 70.4 Å². The Balaban J connectivity index is 0.000000305. The van der Waals surface area contributed by atoms with Crippen molar-refractivity contribution in [2.24, 2.45) is 11.8 Å². The van der Waals surface area contributed by atoms with Gasteiger partial charge in [-0.2, -0.15) is 0 Å². The summed E-state index contributed by atoms with van der Waals surface area (Å²) in [4.78, 5) is 9.17. The molecule has 1 aromatic carbocycles. The number of allylic oxidation sites excluding steroid dienone is 1. The van der Waals surface area contributed by atoms with E-state index in [0.717, 1.165) is 43.8 Å². The van der Waals surface area contributed by atoms with E-state index < -0.39 is 5.67 Å². The number of alkyl halides is 1. The molecule has 33 heavy (non-hydrogen) atoms. The van der Waals surface area contributed by atoms with E-state index in [1.807, 2.05) is 31.2 Å². The van der Waals surface area contributed by atoms with Crippen molar-refractivity contribution >= 4 is 6.29 Å².